The zero-order valence-electron chi connectivity index (χ0n) is 20.0. The van der Waals surface area contributed by atoms with Crippen molar-refractivity contribution in [2.75, 3.05) is 0 Å². The number of hydrogen-bond donors (Lipinski definition) is 1. The maximum atomic E-state index is 13.9. The molecule has 1 aliphatic carbocycles. The maximum Gasteiger partial charge on any atom is 0.488 e. The minimum atomic E-state index is -5.15. The van der Waals surface area contributed by atoms with E-state index in [0.29, 0.717) is 22.8 Å². The predicted molar refractivity (Wildman–Crippen MR) is 144 cm³/mol. The molecule has 0 unspecified atom stereocenters. The molecule has 1 fully saturated rings. The second kappa shape index (κ2) is 8.49. The summed E-state index contributed by atoms with van der Waals surface area (Å²) >= 11 is 0. The van der Waals surface area contributed by atoms with E-state index in [9.17, 15) is 17.1 Å². The van der Waals surface area contributed by atoms with Gasteiger partial charge in [-0.25, -0.2) is 0 Å². The number of rotatable bonds is 5. The zero-order chi connectivity index (χ0) is 25.9. The molecule has 8 heteroatoms. The van der Waals surface area contributed by atoms with E-state index in [0.717, 1.165) is 58.0 Å². The summed E-state index contributed by atoms with van der Waals surface area (Å²) in [7, 11) is -5.15. The largest absolute Gasteiger partial charge is 0.488 e. The second-order valence-corrected chi connectivity index (χ2v) is 10.4. The molecule has 5 aromatic rings. The minimum absolute atomic E-state index is 0.0536. The highest BCUT2D eigenvalue weighted by Crippen LogP contribution is 2.40. The van der Waals surface area contributed by atoms with Crippen LogP contribution in [0.2, 0.25) is 0 Å². The first-order valence-electron chi connectivity index (χ1n) is 12.1. The SMILES string of the molecule is C#Cc1ccc2c(c1)[nH]c1c2c(=O)c2cc(CC)c(-c3cccc(OS(=O)(=O)F)c3)cc2n1C1CCC1. The molecule has 0 saturated heterocycles. The van der Waals surface area contributed by atoms with Crippen LogP contribution in [0.3, 0.4) is 0 Å². The summed E-state index contributed by atoms with van der Waals surface area (Å²) in [6.07, 6.45) is 9.36. The third-order valence-electron chi connectivity index (χ3n) is 7.30. The first-order chi connectivity index (χ1) is 17.8. The van der Waals surface area contributed by atoms with E-state index in [1.54, 1.807) is 6.07 Å². The fourth-order valence-corrected chi connectivity index (χ4v) is 5.70. The molecule has 186 valence electrons. The van der Waals surface area contributed by atoms with Crippen molar-refractivity contribution in [3.8, 4) is 29.2 Å². The second-order valence-electron chi connectivity index (χ2n) is 9.42. The number of hydrogen-bond acceptors (Lipinski definition) is 4. The van der Waals surface area contributed by atoms with Gasteiger partial charge in [-0.05, 0) is 78.8 Å². The number of pyridine rings is 1. The number of nitrogens with zero attached hydrogens (tertiary/aromatic N) is 1. The van der Waals surface area contributed by atoms with Gasteiger partial charge in [0, 0.05) is 27.9 Å². The standard InChI is InChI=1S/C29H23FN2O4S/c1-3-17-11-12-22-25(13-17)31-29-27(22)28(33)24-15-18(4-2)23(16-26(24)32(29)20-8-6-9-20)19-7-5-10-21(14-19)36-37(30,34)35/h1,5,7,10-16,20,31H,4,6,8-9H2,2H3. The Bertz CT molecular complexity index is 1940. The normalized spacial score (nSPS) is 14.2. The van der Waals surface area contributed by atoms with Crippen LogP contribution in [0.5, 0.6) is 5.75 Å². The molecule has 0 amide bonds. The number of halogens is 1. The lowest BCUT2D eigenvalue weighted by Crippen LogP contribution is -2.21. The molecular weight excluding hydrogens is 491 g/mol. The third kappa shape index (κ3) is 3.87. The number of fused-ring (bicyclic) bond motifs is 4. The van der Waals surface area contributed by atoms with Crippen molar-refractivity contribution in [3.63, 3.8) is 0 Å². The number of nitrogens with one attached hydrogen (secondary N) is 1. The summed E-state index contributed by atoms with van der Waals surface area (Å²) < 4.78 is 42.0. The topological polar surface area (TPSA) is 81.2 Å². The maximum absolute atomic E-state index is 13.9. The van der Waals surface area contributed by atoms with Crippen LogP contribution >= 0.6 is 0 Å². The summed E-state index contributed by atoms with van der Waals surface area (Å²) in [5.74, 6) is 2.54. The van der Waals surface area contributed by atoms with Gasteiger partial charge in [0.1, 0.15) is 11.4 Å². The van der Waals surface area contributed by atoms with Crippen LogP contribution in [0.15, 0.2) is 59.4 Å². The molecule has 3 aromatic carbocycles. The fourth-order valence-electron chi connectivity index (χ4n) is 5.37. The van der Waals surface area contributed by atoms with E-state index in [1.807, 2.05) is 43.3 Å². The smallest absolute Gasteiger partial charge is 0.358 e. The van der Waals surface area contributed by atoms with Gasteiger partial charge < -0.3 is 13.7 Å². The number of aryl methyl sites for hydroxylation is 1. The third-order valence-corrected chi connectivity index (χ3v) is 7.69. The minimum Gasteiger partial charge on any atom is -0.358 e. The molecule has 0 aliphatic heterocycles. The molecular formula is C29H23FN2O4S. The number of H-pyrrole nitrogens is 1. The molecule has 0 bridgehead atoms. The highest BCUT2D eigenvalue weighted by Gasteiger charge is 2.26. The summed E-state index contributed by atoms with van der Waals surface area (Å²) in [4.78, 5) is 17.4. The van der Waals surface area contributed by atoms with Gasteiger partial charge >= 0.3 is 10.5 Å². The van der Waals surface area contributed by atoms with Gasteiger partial charge in [0.05, 0.1) is 10.9 Å². The average molecular weight is 515 g/mol. The monoisotopic (exact) mass is 514 g/mol. The van der Waals surface area contributed by atoms with Crippen molar-refractivity contribution < 1.29 is 16.5 Å². The van der Waals surface area contributed by atoms with Crippen LogP contribution in [0.1, 0.15) is 43.4 Å². The number of terminal acetylenes is 1. The van der Waals surface area contributed by atoms with E-state index in [1.165, 1.54) is 12.1 Å². The van der Waals surface area contributed by atoms with Crippen molar-refractivity contribution >= 4 is 43.3 Å². The number of aromatic amines is 1. The molecule has 0 atom stereocenters. The molecule has 1 saturated carbocycles. The highest BCUT2D eigenvalue weighted by atomic mass is 32.3. The van der Waals surface area contributed by atoms with Crippen molar-refractivity contribution in [3.05, 3.63) is 75.9 Å². The first kappa shape index (κ1) is 23.3. The number of benzene rings is 3. The fraction of sp³-hybridized carbons (Fsp3) is 0.207. The van der Waals surface area contributed by atoms with E-state index in [-0.39, 0.29) is 17.2 Å². The van der Waals surface area contributed by atoms with Crippen molar-refractivity contribution in [1.29, 1.82) is 0 Å². The summed E-state index contributed by atoms with van der Waals surface area (Å²) in [5.41, 5.74) is 5.47. The Morgan fingerprint density at radius 1 is 1.14 bits per heavy atom. The molecule has 37 heavy (non-hydrogen) atoms. The Hall–Kier alpha value is -4.09. The summed E-state index contributed by atoms with van der Waals surface area (Å²) in [5, 5.41) is 2.12. The van der Waals surface area contributed by atoms with Gasteiger partial charge in [-0.1, -0.05) is 34.9 Å². The van der Waals surface area contributed by atoms with Crippen LogP contribution in [0.4, 0.5) is 3.89 Å². The van der Waals surface area contributed by atoms with Crippen LogP contribution in [-0.4, -0.2) is 18.0 Å². The quantitative estimate of drug-likeness (QED) is 0.225. The Morgan fingerprint density at radius 2 is 1.95 bits per heavy atom. The van der Waals surface area contributed by atoms with Crippen molar-refractivity contribution in [1.82, 2.24) is 9.55 Å². The van der Waals surface area contributed by atoms with Gasteiger partial charge in [0.25, 0.3) is 0 Å². The Kier molecular flexibility index (Phi) is 5.35. The van der Waals surface area contributed by atoms with Crippen molar-refractivity contribution in [2.24, 2.45) is 0 Å². The molecule has 1 N–H and O–H groups in total. The van der Waals surface area contributed by atoms with E-state index < -0.39 is 10.5 Å². The lowest BCUT2D eigenvalue weighted by molar-refractivity contribution is 0.327. The van der Waals surface area contributed by atoms with Crippen molar-refractivity contribution in [2.45, 2.75) is 38.6 Å². The van der Waals surface area contributed by atoms with Gasteiger partial charge in [-0.15, -0.1) is 6.42 Å². The molecule has 2 aromatic heterocycles. The summed E-state index contributed by atoms with van der Waals surface area (Å²) in [6, 6.07) is 16.1. The molecule has 0 radical (unpaired) electrons. The molecule has 6 nitrogen and oxygen atoms in total. The Balaban J connectivity index is 1.68. The lowest BCUT2D eigenvalue weighted by Gasteiger charge is -2.31. The number of aromatic nitrogens is 2. The van der Waals surface area contributed by atoms with Crippen LogP contribution < -0.4 is 9.61 Å². The van der Waals surface area contributed by atoms with E-state index in [2.05, 4.69) is 19.7 Å². The average Bonchev–Trinajstić information content (AvgIpc) is 3.22. The van der Waals surface area contributed by atoms with Gasteiger partial charge in [0.15, 0.2) is 5.43 Å². The van der Waals surface area contributed by atoms with Gasteiger partial charge in [-0.2, -0.15) is 8.42 Å². The van der Waals surface area contributed by atoms with Crippen LogP contribution in [-0.2, 0) is 16.9 Å². The van der Waals surface area contributed by atoms with E-state index in [4.69, 9.17) is 6.42 Å². The van der Waals surface area contributed by atoms with Gasteiger partial charge in [-0.3, -0.25) is 4.79 Å². The molecule has 1 aliphatic rings. The van der Waals surface area contributed by atoms with Gasteiger partial charge in [0.2, 0.25) is 0 Å². The molecule has 6 rings (SSSR count). The van der Waals surface area contributed by atoms with Crippen LogP contribution in [0.25, 0.3) is 44.0 Å². The molecule has 0 spiro atoms. The van der Waals surface area contributed by atoms with Crippen LogP contribution in [0, 0.1) is 12.3 Å². The molecule has 2 heterocycles. The Labute approximate surface area is 213 Å². The first-order valence-corrected chi connectivity index (χ1v) is 13.5. The lowest BCUT2D eigenvalue weighted by atomic mass is 9.90. The predicted octanol–water partition coefficient (Wildman–Crippen LogP) is 6.16. The Morgan fingerprint density at radius 3 is 2.62 bits per heavy atom. The highest BCUT2D eigenvalue weighted by molar-refractivity contribution is 7.81. The summed E-state index contributed by atoms with van der Waals surface area (Å²) in [6.45, 7) is 1.99. The van der Waals surface area contributed by atoms with E-state index >= 15 is 0 Å². The zero-order valence-corrected chi connectivity index (χ0v) is 20.9.